The second-order valence-electron chi connectivity index (χ2n) is 13.0. The topological polar surface area (TPSA) is 59.3 Å². The molecule has 4 heterocycles. The van der Waals surface area contributed by atoms with Crippen LogP contribution in [0.3, 0.4) is 0 Å². The molecule has 3 aliphatic rings. The molecule has 2 aliphatic heterocycles. The van der Waals surface area contributed by atoms with Crippen LogP contribution in [-0.4, -0.2) is 51.8 Å². The molecule has 1 aliphatic carbocycles. The molecule has 0 N–H and O–H groups in total. The predicted molar refractivity (Wildman–Crippen MR) is 161 cm³/mol. The number of methoxy groups -OCH3 is 1. The zero-order valence-corrected chi connectivity index (χ0v) is 24.4. The summed E-state index contributed by atoms with van der Waals surface area (Å²) >= 11 is 0. The minimum absolute atomic E-state index is 0.104. The van der Waals surface area contributed by atoms with Crippen LogP contribution in [0.25, 0.3) is 11.2 Å². The molecule has 1 saturated carbocycles. The number of anilines is 2. The molecule has 7 heteroatoms. The number of ether oxygens (including phenoxy) is 1. The Morgan fingerprint density at radius 1 is 0.900 bits per heavy atom. The van der Waals surface area contributed by atoms with Crippen LogP contribution in [0.1, 0.15) is 74.9 Å². The van der Waals surface area contributed by atoms with Crippen molar-refractivity contribution >= 4 is 22.8 Å². The van der Waals surface area contributed by atoms with Gasteiger partial charge in [-0.1, -0.05) is 39.0 Å². The maximum Gasteiger partial charge on any atom is 0.227 e. The zero-order chi connectivity index (χ0) is 27.6. The fraction of sp³-hybridized carbons (Fsp3) is 0.485. The van der Waals surface area contributed by atoms with Gasteiger partial charge >= 0.3 is 0 Å². The number of benzene rings is 2. The van der Waals surface area contributed by atoms with Crippen LogP contribution in [0.2, 0.25) is 0 Å². The standard InChI is InChI=1S/C33H40N6O/c1-21-6-7-23(33(2,3)4)16-22(21)17-29-30-31(34-20-38(30)24-8-9-24)36-32(35-29)37-18-26-10-11-27(19-37)39(26)25-12-14-28(40-5)15-13-25/h6-7,12-16,20,24,26-27H,8-11,17-19H2,1-5H3/t26-,27+. The van der Waals surface area contributed by atoms with Gasteiger partial charge in [0, 0.05) is 43.3 Å². The molecule has 4 aromatic rings. The summed E-state index contributed by atoms with van der Waals surface area (Å²) < 4.78 is 7.73. The van der Waals surface area contributed by atoms with Crippen molar-refractivity contribution in [3.63, 3.8) is 0 Å². The summed E-state index contributed by atoms with van der Waals surface area (Å²) in [5.41, 5.74) is 8.45. The van der Waals surface area contributed by atoms with Crippen LogP contribution >= 0.6 is 0 Å². The first-order chi connectivity index (χ1) is 19.3. The molecule has 7 rings (SSSR count). The highest BCUT2D eigenvalue weighted by molar-refractivity contribution is 5.76. The highest BCUT2D eigenvalue weighted by Crippen LogP contribution is 2.40. The van der Waals surface area contributed by atoms with Crippen molar-refractivity contribution in [2.45, 2.75) is 83.3 Å². The fourth-order valence-electron chi connectivity index (χ4n) is 6.65. The van der Waals surface area contributed by atoms with Crippen LogP contribution in [0.4, 0.5) is 11.6 Å². The summed E-state index contributed by atoms with van der Waals surface area (Å²) in [6.45, 7) is 10.9. The van der Waals surface area contributed by atoms with Gasteiger partial charge < -0.3 is 19.1 Å². The van der Waals surface area contributed by atoms with E-state index in [0.717, 1.165) is 48.1 Å². The van der Waals surface area contributed by atoms with E-state index in [4.69, 9.17) is 19.7 Å². The van der Waals surface area contributed by atoms with Gasteiger partial charge in [0.2, 0.25) is 5.95 Å². The lowest BCUT2D eigenvalue weighted by Crippen LogP contribution is -2.54. The Morgan fingerprint density at radius 3 is 2.25 bits per heavy atom. The number of hydrogen-bond acceptors (Lipinski definition) is 6. The Balaban J connectivity index is 1.23. The number of imidazole rings is 1. The lowest BCUT2D eigenvalue weighted by atomic mass is 9.84. The van der Waals surface area contributed by atoms with E-state index in [1.807, 2.05) is 6.33 Å². The Morgan fingerprint density at radius 2 is 1.60 bits per heavy atom. The number of nitrogens with zero attached hydrogens (tertiary/aromatic N) is 6. The van der Waals surface area contributed by atoms with E-state index in [1.54, 1.807) is 7.11 Å². The Kier molecular flexibility index (Phi) is 6.02. The van der Waals surface area contributed by atoms with Crippen molar-refractivity contribution < 1.29 is 4.74 Å². The lowest BCUT2D eigenvalue weighted by Gasteiger charge is -2.42. The normalized spacial score (nSPS) is 20.9. The maximum atomic E-state index is 5.39. The molecule has 3 fully saturated rings. The zero-order valence-electron chi connectivity index (χ0n) is 24.4. The molecule has 0 unspecified atom stereocenters. The quantitative estimate of drug-likeness (QED) is 0.291. The molecule has 2 aromatic carbocycles. The van der Waals surface area contributed by atoms with Gasteiger partial charge in [-0.3, -0.25) is 0 Å². The second-order valence-corrected chi connectivity index (χ2v) is 13.0. The molecule has 7 nitrogen and oxygen atoms in total. The van der Waals surface area contributed by atoms with Crippen LogP contribution < -0.4 is 14.5 Å². The van der Waals surface area contributed by atoms with Gasteiger partial charge in [0.05, 0.1) is 19.1 Å². The first-order valence-corrected chi connectivity index (χ1v) is 14.8. The van der Waals surface area contributed by atoms with E-state index in [1.165, 1.54) is 48.1 Å². The summed E-state index contributed by atoms with van der Waals surface area (Å²) in [7, 11) is 1.72. The summed E-state index contributed by atoms with van der Waals surface area (Å²) in [6.07, 6.45) is 7.59. The number of rotatable bonds is 6. The van der Waals surface area contributed by atoms with Crippen molar-refractivity contribution in [2.75, 3.05) is 30.0 Å². The molecule has 2 saturated heterocycles. The highest BCUT2D eigenvalue weighted by atomic mass is 16.5. The average Bonchev–Trinajstić information content (AvgIpc) is 3.64. The second kappa shape index (κ2) is 9.50. The largest absolute Gasteiger partial charge is 0.497 e. The summed E-state index contributed by atoms with van der Waals surface area (Å²) in [5.74, 6) is 1.73. The number of hydrogen-bond donors (Lipinski definition) is 0. The van der Waals surface area contributed by atoms with Crippen LogP contribution in [0.5, 0.6) is 5.75 Å². The minimum atomic E-state index is 0.104. The van der Waals surface area contributed by atoms with Gasteiger partial charge in [-0.15, -0.1) is 0 Å². The van der Waals surface area contributed by atoms with Crippen molar-refractivity contribution in [3.8, 4) is 5.75 Å². The number of fused-ring (bicyclic) bond motifs is 3. The first-order valence-electron chi connectivity index (χ1n) is 14.8. The van der Waals surface area contributed by atoms with Gasteiger partial charge in [-0.2, -0.15) is 4.98 Å². The maximum absolute atomic E-state index is 5.39. The van der Waals surface area contributed by atoms with E-state index in [2.05, 4.69) is 84.5 Å². The van der Waals surface area contributed by atoms with E-state index in [9.17, 15) is 0 Å². The molecule has 2 bridgehead atoms. The van der Waals surface area contributed by atoms with Crippen LogP contribution in [0.15, 0.2) is 48.8 Å². The van der Waals surface area contributed by atoms with Crippen molar-refractivity contribution in [3.05, 3.63) is 71.2 Å². The molecule has 2 atom stereocenters. The molecule has 2 aromatic heterocycles. The van der Waals surface area contributed by atoms with Gasteiger partial charge in [0.15, 0.2) is 5.65 Å². The van der Waals surface area contributed by atoms with Gasteiger partial charge in [0.25, 0.3) is 0 Å². The van der Waals surface area contributed by atoms with Crippen molar-refractivity contribution in [1.29, 1.82) is 0 Å². The summed E-state index contributed by atoms with van der Waals surface area (Å²) in [5, 5.41) is 0. The Hall–Kier alpha value is -3.61. The van der Waals surface area contributed by atoms with E-state index < -0.39 is 0 Å². The van der Waals surface area contributed by atoms with E-state index >= 15 is 0 Å². The third-order valence-corrected chi connectivity index (χ3v) is 9.14. The van der Waals surface area contributed by atoms with Crippen molar-refractivity contribution in [1.82, 2.24) is 19.5 Å². The lowest BCUT2D eigenvalue weighted by molar-refractivity contribution is 0.414. The van der Waals surface area contributed by atoms with Crippen LogP contribution in [-0.2, 0) is 11.8 Å². The number of aromatic nitrogens is 4. The van der Waals surface area contributed by atoms with E-state index in [-0.39, 0.29) is 5.41 Å². The smallest absolute Gasteiger partial charge is 0.227 e. The Labute approximate surface area is 237 Å². The molecular weight excluding hydrogens is 496 g/mol. The first kappa shape index (κ1) is 25.4. The molecule has 208 valence electrons. The highest BCUT2D eigenvalue weighted by Gasteiger charge is 2.41. The van der Waals surface area contributed by atoms with E-state index in [0.29, 0.717) is 18.1 Å². The minimum Gasteiger partial charge on any atom is -0.497 e. The monoisotopic (exact) mass is 536 g/mol. The van der Waals surface area contributed by atoms with Gasteiger partial charge in [-0.05, 0) is 79.0 Å². The molecular formula is C33H40N6O. The Bertz CT molecular complexity index is 1530. The summed E-state index contributed by atoms with van der Waals surface area (Å²) in [6, 6.07) is 16.9. The number of aryl methyl sites for hydroxylation is 1. The fourth-order valence-corrected chi connectivity index (χ4v) is 6.65. The van der Waals surface area contributed by atoms with Crippen LogP contribution in [0, 0.1) is 6.92 Å². The number of piperazine rings is 1. The third kappa shape index (κ3) is 4.49. The average molecular weight is 537 g/mol. The van der Waals surface area contributed by atoms with Gasteiger partial charge in [0.1, 0.15) is 11.3 Å². The summed E-state index contributed by atoms with van der Waals surface area (Å²) in [4.78, 5) is 20.2. The molecule has 0 radical (unpaired) electrons. The molecule has 40 heavy (non-hydrogen) atoms. The SMILES string of the molecule is COc1ccc(N2[C@@H]3CC[C@H]2CN(c2nc(Cc4cc(C(C)(C)C)ccc4C)c4c(ncn4C4CC4)n2)C3)cc1. The predicted octanol–water partition coefficient (Wildman–Crippen LogP) is 6.22. The molecule has 0 spiro atoms. The molecule has 0 amide bonds. The third-order valence-electron chi connectivity index (χ3n) is 9.14. The van der Waals surface area contributed by atoms with Crippen molar-refractivity contribution in [2.24, 2.45) is 0 Å². The van der Waals surface area contributed by atoms with Gasteiger partial charge in [-0.25, -0.2) is 9.97 Å².